The summed E-state index contributed by atoms with van der Waals surface area (Å²) in [6, 6.07) is 4.97. The van der Waals surface area contributed by atoms with Gasteiger partial charge >= 0.3 is 5.97 Å². The number of esters is 1. The van der Waals surface area contributed by atoms with Gasteiger partial charge in [0.05, 0.1) is 7.11 Å². The molecule has 5 heteroatoms. The Morgan fingerprint density at radius 2 is 2.18 bits per heavy atom. The number of rotatable bonds is 3. The molecule has 0 aliphatic rings. The van der Waals surface area contributed by atoms with E-state index in [2.05, 4.69) is 4.74 Å². The molecular formula is C12H14N2O3. The van der Waals surface area contributed by atoms with Gasteiger partial charge in [-0.1, -0.05) is 13.8 Å². The molecule has 0 radical (unpaired) electrons. The number of carbonyl (C=O) groups is 1. The lowest BCUT2D eigenvalue weighted by Crippen LogP contribution is -2.29. The highest BCUT2D eigenvalue weighted by atomic mass is 16.5. The van der Waals surface area contributed by atoms with Crippen molar-refractivity contribution in [3.63, 3.8) is 0 Å². The predicted molar refractivity (Wildman–Crippen MR) is 61.5 cm³/mol. The van der Waals surface area contributed by atoms with E-state index in [9.17, 15) is 9.59 Å². The summed E-state index contributed by atoms with van der Waals surface area (Å²) < 4.78 is 5.82. The average molecular weight is 234 g/mol. The van der Waals surface area contributed by atoms with Crippen LogP contribution < -0.4 is 5.56 Å². The van der Waals surface area contributed by atoms with Crippen LogP contribution in [0.4, 0.5) is 0 Å². The average Bonchev–Trinajstić information content (AvgIpc) is 2.30. The highest BCUT2D eigenvalue weighted by Gasteiger charge is 2.14. The van der Waals surface area contributed by atoms with Crippen LogP contribution in [0.25, 0.3) is 0 Å². The molecule has 1 aromatic heterocycles. The van der Waals surface area contributed by atoms with Crippen molar-refractivity contribution < 1.29 is 9.53 Å². The fourth-order valence-electron chi connectivity index (χ4n) is 1.54. The topological polar surface area (TPSA) is 72.1 Å². The fraction of sp³-hybridized carbons (Fsp3) is 0.417. The Kier molecular flexibility index (Phi) is 4.05. The minimum Gasteiger partial charge on any atom is -0.468 e. The van der Waals surface area contributed by atoms with Crippen LogP contribution >= 0.6 is 0 Å². The molecule has 90 valence electrons. The molecule has 17 heavy (non-hydrogen) atoms. The number of hydrogen-bond acceptors (Lipinski definition) is 4. The second kappa shape index (κ2) is 5.30. The third kappa shape index (κ3) is 2.72. The number of pyridine rings is 1. The molecule has 0 aromatic carbocycles. The summed E-state index contributed by atoms with van der Waals surface area (Å²) in [5.41, 5.74) is 0.279. The molecule has 0 saturated heterocycles. The monoisotopic (exact) mass is 234 g/mol. The van der Waals surface area contributed by atoms with E-state index in [1.54, 1.807) is 6.07 Å². The van der Waals surface area contributed by atoms with Crippen molar-refractivity contribution >= 4 is 5.97 Å². The van der Waals surface area contributed by atoms with Gasteiger partial charge in [0.1, 0.15) is 18.2 Å². The number of nitriles is 1. The first-order valence-electron chi connectivity index (χ1n) is 5.22. The summed E-state index contributed by atoms with van der Waals surface area (Å²) in [7, 11) is 1.26. The fourth-order valence-corrected chi connectivity index (χ4v) is 1.54. The SMILES string of the molecule is COC(=O)Cn1c(C(C)C)ccc(C#N)c1=O. The molecule has 0 aliphatic heterocycles. The number of aromatic nitrogens is 1. The van der Waals surface area contributed by atoms with Crippen molar-refractivity contribution in [3.05, 3.63) is 33.7 Å². The molecule has 0 fully saturated rings. The summed E-state index contributed by atoms with van der Waals surface area (Å²) in [6.07, 6.45) is 0. The molecule has 0 amide bonds. The Hall–Kier alpha value is -2.09. The first-order valence-corrected chi connectivity index (χ1v) is 5.22. The largest absolute Gasteiger partial charge is 0.468 e. The molecule has 1 aromatic rings. The van der Waals surface area contributed by atoms with Crippen LogP contribution in [0.5, 0.6) is 0 Å². The minimum absolute atomic E-state index is 0.0262. The lowest BCUT2D eigenvalue weighted by molar-refractivity contribution is -0.141. The van der Waals surface area contributed by atoms with E-state index < -0.39 is 11.5 Å². The minimum atomic E-state index is -0.510. The summed E-state index contributed by atoms with van der Waals surface area (Å²) in [5, 5.41) is 8.78. The van der Waals surface area contributed by atoms with E-state index >= 15 is 0 Å². The Bertz CT molecular complexity index is 524. The summed E-state index contributed by atoms with van der Waals surface area (Å²) >= 11 is 0. The number of hydrogen-bond donors (Lipinski definition) is 0. The first kappa shape index (κ1) is 13.0. The van der Waals surface area contributed by atoms with Gasteiger partial charge in [0, 0.05) is 5.69 Å². The van der Waals surface area contributed by atoms with Crippen LogP contribution in [0.15, 0.2) is 16.9 Å². The molecule has 0 unspecified atom stereocenters. The van der Waals surface area contributed by atoms with Gasteiger partial charge in [0.15, 0.2) is 0 Å². The van der Waals surface area contributed by atoms with Crippen LogP contribution in [-0.4, -0.2) is 17.6 Å². The maximum atomic E-state index is 11.9. The van der Waals surface area contributed by atoms with Gasteiger partial charge in [0.25, 0.3) is 5.56 Å². The third-order valence-electron chi connectivity index (χ3n) is 2.43. The summed E-state index contributed by atoms with van der Waals surface area (Å²) in [6.45, 7) is 3.65. The molecule has 0 atom stereocenters. The van der Waals surface area contributed by atoms with Crippen LogP contribution in [0.2, 0.25) is 0 Å². The zero-order chi connectivity index (χ0) is 13.0. The molecule has 1 heterocycles. The van der Waals surface area contributed by atoms with E-state index in [-0.39, 0.29) is 18.0 Å². The van der Waals surface area contributed by atoms with Crippen molar-refractivity contribution in [3.8, 4) is 6.07 Å². The Balaban J connectivity index is 3.36. The Morgan fingerprint density at radius 1 is 1.53 bits per heavy atom. The smallest absolute Gasteiger partial charge is 0.325 e. The second-order valence-corrected chi connectivity index (χ2v) is 3.91. The van der Waals surface area contributed by atoms with Crippen molar-refractivity contribution in [1.82, 2.24) is 4.57 Å². The van der Waals surface area contributed by atoms with Crippen molar-refractivity contribution in [2.24, 2.45) is 0 Å². The quantitative estimate of drug-likeness (QED) is 0.732. The van der Waals surface area contributed by atoms with Crippen LogP contribution in [-0.2, 0) is 16.1 Å². The van der Waals surface area contributed by atoms with E-state index in [1.807, 2.05) is 19.9 Å². The number of methoxy groups -OCH3 is 1. The van der Waals surface area contributed by atoms with Crippen molar-refractivity contribution in [1.29, 1.82) is 5.26 Å². The molecule has 1 rings (SSSR count). The van der Waals surface area contributed by atoms with Gasteiger partial charge in [-0.3, -0.25) is 9.59 Å². The maximum absolute atomic E-state index is 11.9. The summed E-state index contributed by atoms with van der Waals surface area (Å²) in [4.78, 5) is 23.2. The standard InChI is InChI=1S/C12H14N2O3/c1-8(2)10-5-4-9(6-13)12(16)14(10)7-11(15)17-3/h4-5,8H,7H2,1-3H3. The number of carbonyl (C=O) groups excluding carboxylic acids is 1. The molecular weight excluding hydrogens is 220 g/mol. The zero-order valence-electron chi connectivity index (χ0n) is 10.1. The predicted octanol–water partition coefficient (Wildman–Crippen LogP) is 1.02. The molecule has 0 N–H and O–H groups in total. The zero-order valence-corrected chi connectivity index (χ0v) is 10.1. The van der Waals surface area contributed by atoms with E-state index in [4.69, 9.17) is 5.26 Å². The number of nitrogens with zero attached hydrogens (tertiary/aromatic N) is 2. The molecule has 0 bridgehead atoms. The maximum Gasteiger partial charge on any atom is 0.325 e. The van der Waals surface area contributed by atoms with E-state index in [0.29, 0.717) is 5.69 Å². The van der Waals surface area contributed by atoms with Gasteiger partial charge in [-0.25, -0.2) is 0 Å². The molecule has 0 saturated carbocycles. The van der Waals surface area contributed by atoms with Gasteiger partial charge in [-0.15, -0.1) is 0 Å². The highest BCUT2D eigenvalue weighted by molar-refractivity contribution is 5.69. The first-order chi connectivity index (χ1) is 8.01. The summed E-state index contributed by atoms with van der Waals surface area (Å²) in [5.74, 6) is -0.427. The molecule has 5 nitrogen and oxygen atoms in total. The van der Waals surface area contributed by atoms with Crippen molar-refractivity contribution in [2.75, 3.05) is 7.11 Å². The van der Waals surface area contributed by atoms with E-state index in [0.717, 1.165) is 0 Å². The van der Waals surface area contributed by atoms with Crippen LogP contribution in [0, 0.1) is 11.3 Å². The lowest BCUT2D eigenvalue weighted by atomic mass is 10.1. The van der Waals surface area contributed by atoms with E-state index in [1.165, 1.54) is 17.7 Å². The second-order valence-electron chi connectivity index (χ2n) is 3.91. The highest BCUT2D eigenvalue weighted by Crippen LogP contribution is 2.12. The molecule has 0 aliphatic carbocycles. The van der Waals surface area contributed by atoms with Crippen LogP contribution in [0.1, 0.15) is 31.0 Å². The van der Waals surface area contributed by atoms with Gasteiger partial charge in [0.2, 0.25) is 0 Å². The van der Waals surface area contributed by atoms with Gasteiger partial charge in [-0.05, 0) is 18.1 Å². The Labute approximate surface area is 99.2 Å². The van der Waals surface area contributed by atoms with Crippen LogP contribution in [0.3, 0.4) is 0 Å². The van der Waals surface area contributed by atoms with Crippen molar-refractivity contribution in [2.45, 2.75) is 26.3 Å². The molecule has 0 spiro atoms. The van der Waals surface area contributed by atoms with Gasteiger partial charge in [-0.2, -0.15) is 5.26 Å². The number of ether oxygens (including phenoxy) is 1. The third-order valence-corrected chi connectivity index (χ3v) is 2.43. The normalized spacial score (nSPS) is 10.1. The lowest BCUT2D eigenvalue weighted by Gasteiger charge is -2.14. The Morgan fingerprint density at radius 3 is 2.65 bits per heavy atom. The van der Waals surface area contributed by atoms with Gasteiger partial charge < -0.3 is 9.30 Å².